The Kier molecular flexibility index (Phi) is 5.05. The first kappa shape index (κ1) is 15.6. The second-order valence-corrected chi connectivity index (χ2v) is 7.27. The van der Waals surface area contributed by atoms with Gasteiger partial charge in [0.2, 0.25) is 5.91 Å². The maximum atomic E-state index is 11.9. The number of nitrogens with zero attached hydrogens (tertiary/aromatic N) is 1. The van der Waals surface area contributed by atoms with Crippen LogP contribution in [0.25, 0.3) is 0 Å². The maximum absolute atomic E-state index is 11.9. The highest BCUT2D eigenvalue weighted by Gasteiger charge is 2.17. The van der Waals surface area contributed by atoms with Crippen molar-refractivity contribution in [1.82, 2.24) is 15.0 Å². The monoisotopic (exact) mass is 325 g/mol. The number of hydrogen-bond acceptors (Lipinski definition) is 5. The van der Waals surface area contributed by atoms with Gasteiger partial charge in [-0.05, 0) is 36.1 Å². The van der Waals surface area contributed by atoms with Crippen LogP contribution in [0.4, 0.5) is 0 Å². The van der Waals surface area contributed by atoms with Gasteiger partial charge in [-0.1, -0.05) is 6.07 Å². The van der Waals surface area contributed by atoms with Crippen LogP contribution >= 0.6 is 11.3 Å². The smallest absolute Gasteiger partial charge is 0.250 e. The lowest BCUT2D eigenvalue weighted by Gasteiger charge is -2.14. The molecule has 0 aromatic carbocycles. The molecule has 1 unspecified atom stereocenters. The SMILES string of the molecule is CC(NC(=O)CNS(=O)(=O)c1cccs1)c1ccncc1. The zero-order valence-electron chi connectivity index (χ0n) is 11.3. The molecule has 0 radical (unpaired) electrons. The molecule has 2 aromatic rings. The minimum absolute atomic E-state index is 0.192. The fraction of sp³-hybridized carbons (Fsp3) is 0.231. The molecule has 6 nitrogen and oxygen atoms in total. The van der Waals surface area contributed by atoms with Gasteiger partial charge in [0, 0.05) is 12.4 Å². The molecule has 0 aliphatic heterocycles. The number of rotatable bonds is 6. The van der Waals surface area contributed by atoms with E-state index < -0.39 is 10.0 Å². The van der Waals surface area contributed by atoms with Crippen LogP contribution < -0.4 is 10.0 Å². The van der Waals surface area contributed by atoms with Crippen molar-refractivity contribution in [2.24, 2.45) is 0 Å². The molecule has 0 aliphatic rings. The minimum Gasteiger partial charge on any atom is -0.348 e. The predicted octanol–water partition coefficient (Wildman–Crippen LogP) is 1.30. The summed E-state index contributed by atoms with van der Waals surface area (Å²) in [7, 11) is -3.61. The quantitative estimate of drug-likeness (QED) is 0.838. The molecule has 112 valence electrons. The number of carbonyl (C=O) groups excluding carboxylic acids is 1. The van der Waals surface area contributed by atoms with Crippen LogP contribution in [0.15, 0.2) is 46.2 Å². The van der Waals surface area contributed by atoms with Crippen LogP contribution in [-0.4, -0.2) is 25.9 Å². The van der Waals surface area contributed by atoms with Crippen molar-refractivity contribution in [2.45, 2.75) is 17.2 Å². The van der Waals surface area contributed by atoms with Crippen molar-refractivity contribution in [3.8, 4) is 0 Å². The predicted molar refractivity (Wildman–Crippen MR) is 80.3 cm³/mol. The molecular weight excluding hydrogens is 310 g/mol. The summed E-state index contributed by atoms with van der Waals surface area (Å²) in [4.78, 5) is 15.7. The number of thiophene rings is 1. The van der Waals surface area contributed by atoms with E-state index in [0.29, 0.717) is 0 Å². The molecule has 1 amide bonds. The fourth-order valence-corrected chi connectivity index (χ4v) is 3.70. The second kappa shape index (κ2) is 6.79. The molecule has 21 heavy (non-hydrogen) atoms. The van der Waals surface area contributed by atoms with Crippen molar-refractivity contribution >= 4 is 27.3 Å². The summed E-state index contributed by atoms with van der Waals surface area (Å²) < 4.78 is 26.2. The topological polar surface area (TPSA) is 88.2 Å². The third-order valence-corrected chi connectivity index (χ3v) is 5.56. The average Bonchev–Trinajstić information content (AvgIpc) is 3.01. The molecule has 0 bridgehead atoms. The van der Waals surface area contributed by atoms with Gasteiger partial charge in [-0.15, -0.1) is 11.3 Å². The lowest BCUT2D eigenvalue weighted by molar-refractivity contribution is -0.120. The van der Waals surface area contributed by atoms with Gasteiger partial charge in [0.15, 0.2) is 0 Å². The highest BCUT2D eigenvalue weighted by molar-refractivity contribution is 7.91. The molecule has 1 atom stereocenters. The molecule has 2 N–H and O–H groups in total. The Balaban J connectivity index is 1.88. The number of aromatic nitrogens is 1. The van der Waals surface area contributed by atoms with Crippen molar-refractivity contribution in [1.29, 1.82) is 0 Å². The van der Waals surface area contributed by atoms with Gasteiger partial charge < -0.3 is 5.32 Å². The fourth-order valence-electron chi connectivity index (χ4n) is 1.68. The largest absolute Gasteiger partial charge is 0.348 e. The Labute approximate surface area is 127 Å². The summed E-state index contributed by atoms with van der Waals surface area (Å²) in [6.07, 6.45) is 3.27. The minimum atomic E-state index is -3.61. The number of sulfonamides is 1. The Hall–Kier alpha value is -1.77. The second-order valence-electron chi connectivity index (χ2n) is 4.33. The Morgan fingerprint density at radius 1 is 1.33 bits per heavy atom. The van der Waals surface area contributed by atoms with Gasteiger partial charge in [-0.25, -0.2) is 13.1 Å². The van der Waals surface area contributed by atoms with E-state index in [1.807, 2.05) is 6.92 Å². The zero-order valence-corrected chi connectivity index (χ0v) is 12.9. The van der Waals surface area contributed by atoms with Crippen molar-refractivity contribution in [3.05, 3.63) is 47.6 Å². The van der Waals surface area contributed by atoms with Crippen LogP contribution in [0, 0.1) is 0 Å². The van der Waals surface area contributed by atoms with Crippen LogP contribution in [0.3, 0.4) is 0 Å². The Bertz CT molecular complexity index is 685. The normalized spacial score (nSPS) is 12.8. The van der Waals surface area contributed by atoms with E-state index in [9.17, 15) is 13.2 Å². The molecular formula is C13H15N3O3S2. The lowest BCUT2D eigenvalue weighted by Crippen LogP contribution is -2.37. The molecule has 2 heterocycles. The van der Waals surface area contributed by atoms with E-state index in [1.165, 1.54) is 6.07 Å². The summed E-state index contributed by atoms with van der Waals surface area (Å²) in [5, 5.41) is 4.39. The molecule has 0 aliphatic carbocycles. The van der Waals surface area contributed by atoms with Gasteiger partial charge in [-0.3, -0.25) is 9.78 Å². The standard InChI is InChI=1S/C13H15N3O3S2/c1-10(11-4-6-14-7-5-11)16-12(17)9-15-21(18,19)13-3-2-8-20-13/h2-8,10,15H,9H2,1H3,(H,16,17). The number of nitrogens with one attached hydrogen (secondary N) is 2. The summed E-state index contributed by atoms with van der Waals surface area (Å²) in [5.74, 6) is -0.389. The van der Waals surface area contributed by atoms with Crippen molar-refractivity contribution < 1.29 is 13.2 Å². The Morgan fingerprint density at radius 3 is 2.67 bits per heavy atom. The first-order valence-electron chi connectivity index (χ1n) is 6.21. The van der Waals surface area contributed by atoms with Gasteiger partial charge in [0.1, 0.15) is 4.21 Å². The lowest BCUT2D eigenvalue weighted by atomic mass is 10.1. The van der Waals surface area contributed by atoms with E-state index >= 15 is 0 Å². The first-order valence-corrected chi connectivity index (χ1v) is 8.58. The van der Waals surface area contributed by atoms with E-state index in [1.54, 1.807) is 36.0 Å². The van der Waals surface area contributed by atoms with Crippen LogP contribution in [-0.2, 0) is 14.8 Å². The number of amides is 1. The molecule has 2 aromatic heterocycles. The molecule has 0 saturated heterocycles. The highest BCUT2D eigenvalue weighted by atomic mass is 32.2. The molecule has 0 saturated carbocycles. The third-order valence-electron chi connectivity index (χ3n) is 2.77. The molecule has 8 heteroatoms. The maximum Gasteiger partial charge on any atom is 0.250 e. The summed E-state index contributed by atoms with van der Waals surface area (Å²) in [6, 6.07) is 6.50. The summed E-state index contributed by atoms with van der Waals surface area (Å²) in [5.41, 5.74) is 0.902. The van der Waals surface area contributed by atoms with Crippen molar-refractivity contribution in [3.63, 3.8) is 0 Å². The molecule has 0 spiro atoms. The average molecular weight is 325 g/mol. The third kappa shape index (κ3) is 4.35. The summed E-state index contributed by atoms with van der Waals surface area (Å²) >= 11 is 1.10. The van der Waals surface area contributed by atoms with Gasteiger partial charge in [-0.2, -0.15) is 0 Å². The number of pyridine rings is 1. The molecule has 2 rings (SSSR count). The van der Waals surface area contributed by atoms with Crippen LogP contribution in [0.2, 0.25) is 0 Å². The van der Waals surface area contributed by atoms with Crippen LogP contribution in [0.1, 0.15) is 18.5 Å². The van der Waals surface area contributed by atoms with Gasteiger partial charge in [0.05, 0.1) is 12.6 Å². The number of hydrogen-bond donors (Lipinski definition) is 2. The first-order chi connectivity index (χ1) is 9.99. The van der Waals surface area contributed by atoms with E-state index in [2.05, 4.69) is 15.0 Å². The highest BCUT2D eigenvalue weighted by Crippen LogP contribution is 2.15. The van der Waals surface area contributed by atoms with E-state index in [-0.39, 0.29) is 22.7 Å². The molecule has 0 fully saturated rings. The van der Waals surface area contributed by atoms with Gasteiger partial charge in [0.25, 0.3) is 10.0 Å². The van der Waals surface area contributed by atoms with Gasteiger partial charge >= 0.3 is 0 Å². The van der Waals surface area contributed by atoms with E-state index in [0.717, 1.165) is 16.9 Å². The van der Waals surface area contributed by atoms with E-state index in [4.69, 9.17) is 0 Å². The van der Waals surface area contributed by atoms with Crippen molar-refractivity contribution in [2.75, 3.05) is 6.54 Å². The number of carbonyl (C=O) groups is 1. The van der Waals surface area contributed by atoms with Crippen LogP contribution in [0.5, 0.6) is 0 Å². The summed E-state index contributed by atoms with van der Waals surface area (Å²) in [6.45, 7) is 1.52. The Morgan fingerprint density at radius 2 is 2.05 bits per heavy atom. The zero-order chi connectivity index (χ0) is 15.3.